The van der Waals surface area contributed by atoms with Crippen LogP contribution in [0.15, 0.2) is 18.2 Å². The first-order chi connectivity index (χ1) is 9.06. The van der Waals surface area contributed by atoms with Crippen LogP contribution in [0.25, 0.3) is 0 Å². The number of hydrogen-bond acceptors (Lipinski definition) is 3. The Morgan fingerprint density at radius 1 is 1.32 bits per heavy atom. The molecular formula is C15H23N3O. The van der Waals surface area contributed by atoms with Gasteiger partial charge in [0.25, 0.3) is 5.91 Å². The van der Waals surface area contributed by atoms with Crippen LogP contribution in [0.3, 0.4) is 0 Å². The summed E-state index contributed by atoms with van der Waals surface area (Å²) in [7, 11) is 0. The smallest absolute Gasteiger partial charge is 0.253 e. The summed E-state index contributed by atoms with van der Waals surface area (Å²) in [5, 5.41) is 3.03. The van der Waals surface area contributed by atoms with Crippen molar-refractivity contribution in [2.24, 2.45) is 5.41 Å². The Bertz CT molecular complexity index is 464. The molecule has 0 bridgehead atoms. The van der Waals surface area contributed by atoms with Crippen LogP contribution < -0.4 is 16.8 Å². The van der Waals surface area contributed by atoms with Gasteiger partial charge in [0.2, 0.25) is 0 Å². The van der Waals surface area contributed by atoms with Crippen LogP contribution >= 0.6 is 0 Å². The van der Waals surface area contributed by atoms with Gasteiger partial charge in [0, 0.05) is 17.9 Å². The molecule has 1 aromatic rings. The third kappa shape index (κ3) is 3.00. The molecule has 0 spiro atoms. The molecule has 0 atom stereocenters. The molecule has 104 valence electrons. The molecule has 0 saturated heterocycles. The number of nitrogen functional groups attached to an aromatic ring is 2. The zero-order valence-electron chi connectivity index (χ0n) is 11.5. The van der Waals surface area contributed by atoms with E-state index in [4.69, 9.17) is 11.5 Å². The van der Waals surface area contributed by atoms with E-state index >= 15 is 0 Å². The minimum Gasteiger partial charge on any atom is -0.399 e. The summed E-state index contributed by atoms with van der Waals surface area (Å²) < 4.78 is 0. The first kappa shape index (κ1) is 13.7. The maximum Gasteiger partial charge on any atom is 0.253 e. The number of nitrogens with two attached hydrogens (primary N) is 2. The molecule has 0 aliphatic heterocycles. The molecular weight excluding hydrogens is 238 g/mol. The molecule has 1 amide bonds. The molecule has 0 heterocycles. The molecule has 1 saturated carbocycles. The second-order valence-electron chi connectivity index (χ2n) is 5.59. The minimum absolute atomic E-state index is 0.0998. The second kappa shape index (κ2) is 5.51. The highest BCUT2D eigenvalue weighted by molar-refractivity contribution is 5.99. The summed E-state index contributed by atoms with van der Waals surface area (Å²) >= 11 is 0. The molecule has 5 N–H and O–H groups in total. The average molecular weight is 261 g/mol. The second-order valence-corrected chi connectivity index (χ2v) is 5.59. The quantitative estimate of drug-likeness (QED) is 0.728. The Hall–Kier alpha value is -1.71. The maximum atomic E-state index is 12.2. The topological polar surface area (TPSA) is 81.1 Å². The van der Waals surface area contributed by atoms with Gasteiger partial charge in [-0.15, -0.1) is 0 Å². The summed E-state index contributed by atoms with van der Waals surface area (Å²) in [6.45, 7) is 2.95. The van der Waals surface area contributed by atoms with Crippen LogP contribution in [0.1, 0.15) is 49.4 Å². The Balaban J connectivity index is 2.01. The van der Waals surface area contributed by atoms with Crippen molar-refractivity contribution in [2.45, 2.75) is 39.0 Å². The van der Waals surface area contributed by atoms with Gasteiger partial charge in [-0.05, 0) is 42.9 Å². The fraction of sp³-hybridized carbons (Fsp3) is 0.533. The van der Waals surface area contributed by atoms with Gasteiger partial charge in [0.05, 0.1) is 5.56 Å². The summed E-state index contributed by atoms with van der Waals surface area (Å²) in [6, 6.07) is 5.02. The largest absolute Gasteiger partial charge is 0.399 e. The van der Waals surface area contributed by atoms with Gasteiger partial charge in [-0.25, -0.2) is 0 Å². The third-order valence-electron chi connectivity index (χ3n) is 4.36. The molecule has 4 heteroatoms. The molecule has 1 fully saturated rings. The number of carbonyl (C=O) groups excluding carboxylic acids is 1. The SMILES string of the molecule is CCC1(CNC(=O)c2ccc(N)cc2N)CCCC1. The third-order valence-corrected chi connectivity index (χ3v) is 4.36. The van der Waals surface area contributed by atoms with Gasteiger partial charge in [-0.3, -0.25) is 4.79 Å². The number of amides is 1. The first-order valence-corrected chi connectivity index (χ1v) is 6.99. The fourth-order valence-electron chi connectivity index (χ4n) is 2.93. The van der Waals surface area contributed by atoms with Crippen LogP contribution in [0.5, 0.6) is 0 Å². The number of benzene rings is 1. The van der Waals surface area contributed by atoms with E-state index in [1.807, 2.05) is 0 Å². The van der Waals surface area contributed by atoms with E-state index in [-0.39, 0.29) is 11.3 Å². The molecule has 19 heavy (non-hydrogen) atoms. The fourth-order valence-corrected chi connectivity index (χ4v) is 2.93. The molecule has 0 radical (unpaired) electrons. The minimum atomic E-state index is -0.0998. The number of rotatable bonds is 4. The van der Waals surface area contributed by atoms with Crippen molar-refractivity contribution in [2.75, 3.05) is 18.0 Å². The molecule has 4 nitrogen and oxygen atoms in total. The molecule has 0 unspecified atom stereocenters. The van der Waals surface area contributed by atoms with Crippen LogP contribution in [-0.2, 0) is 0 Å². The van der Waals surface area contributed by atoms with E-state index in [0.717, 1.165) is 13.0 Å². The van der Waals surface area contributed by atoms with Crippen molar-refractivity contribution in [3.63, 3.8) is 0 Å². The van der Waals surface area contributed by atoms with Crippen LogP contribution in [0, 0.1) is 5.41 Å². The van der Waals surface area contributed by atoms with E-state index in [2.05, 4.69) is 12.2 Å². The Morgan fingerprint density at radius 3 is 2.58 bits per heavy atom. The highest BCUT2D eigenvalue weighted by Gasteiger charge is 2.32. The standard InChI is InChI=1S/C15H23N3O/c1-2-15(7-3-4-8-15)10-18-14(19)12-6-5-11(16)9-13(12)17/h5-6,9H,2-4,7-8,10,16-17H2,1H3,(H,18,19). The lowest BCUT2D eigenvalue weighted by molar-refractivity contribution is 0.0929. The van der Waals surface area contributed by atoms with Crippen molar-refractivity contribution in [1.29, 1.82) is 0 Å². The number of anilines is 2. The first-order valence-electron chi connectivity index (χ1n) is 6.99. The highest BCUT2D eigenvalue weighted by Crippen LogP contribution is 2.40. The number of hydrogen-bond donors (Lipinski definition) is 3. The predicted molar refractivity (Wildman–Crippen MR) is 78.8 cm³/mol. The van der Waals surface area contributed by atoms with Gasteiger partial charge >= 0.3 is 0 Å². The molecule has 1 aliphatic rings. The van der Waals surface area contributed by atoms with Gasteiger partial charge in [-0.1, -0.05) is 19.8 Å². The summed E-state index contributed by atoms with van der Waals surface area (Å²) in [6.07, 6.45) is 6.08. The lowest BCUT2D eigenvalue weighted by atomic mass is 9.83. The average Bonchev–Trinajstić information content (AvgIpc) is 2.85. The number of carbonyl (C=O) groups is 1. The lowest BCUT2D eigenvalue weighted by Crippen LogP contribution is -2.35. The van der Waals surface area contributed by atoms with Gasteiger partial charge in [0.1, 0.15) is 0 Å². The monoisotopic (exact) mass is 261 g/mol. The van der Waals surface area contributed by atoms with E-state index in [1.54, 1.807) is 18.2 Å². The van der Waals surface area contributed by atoms with Crippen molar-refractivity contribution in [1.82, 2.24) is 5.32 Å². The Labute approximate surface area is 114 Å². The lowest BCUT2D eigenvalue weighted by Gasteiger charge is -2.27. The van der Waals surface area contributed by atoms with Crippen LogP contribution in [0.4, 0.5) is 11.4 Å². The summed E-state index contributed by atoms with van der Waals surface area (Å²) in [5.74, 6) is -0.0998. The summed E-state index contributed by atoms with van der Waals surface area (Å²) in [4.78, 5) is 12.2. The van der Waals surface area contributed by atoms with Crippen molar-refractivity contribution in [3.8, 4) is 0 Å². The zero-order valence-corrected chi connectivity index (χ0v) is 11.5. The van der Waals surface area contributed by atoms with Crippen molar-refractivity contribution >= 4 is 17.3 Å². The van der Waals surface area contributed by atoms with Crippen LogP contribution in [0.2, 0.25) is 0 Å². The number of nitrogens with one attached hydrogen (secondary N) is 1. The normalized spacial score (nSPS) is 17.3. The van der Waals surface area contributed by atoms with Crippen molar-refractivity contribution < 1.29 is 4.79 Å². The van der Waals surface area contributed by atoms with Gasteiger partial charge in [-0.2, -0.15) is 0 Å². The Morgan fingerprint density at radius 2 is 2.00 bits per heavy atom. The van der Waals surface area contributed by atoms with E-state index in [9.17, 15) is 4.79 Å². The maximum absolute atomic E-state index is 12.2. The molecule has 0 aromatic heterocycles. The summed E-state index contributed by atoms with van der Waals surface area (Å²) in [5.41, 5.74) is 13.3. The van der Waals surface area contributed by atoms with Gasteiger partial charge in [0.15, 0.2) is 0 Å². The zero-order chi connectivity index (χ0) is 13.9. The molecule has 1 aliphatic carbocycles. The Kier molecular flexibility index (Phi) is 3.98. The highest BCUT2D eigenvalue weighted by atomic mass is 16.1. The predicted octanol–water partition coefficient (Wildman–Crippen LogP) is 2.55. The molecule has 1 aromatic carbocycles. The van der Waals surface area contributed by atoms with Crippen molar-refractivity contribution in [3.05, 3.63) is 23.8 Å². The van der Waals surface area contributed by atoms with E-state index in [0.29, 0.717) is 16.9 Å². The van der Waals surface area contributed by atoms with Gasteiger partial charge < -0.3 is 16.8 Å². The van der Waals surface area contributed by atoms with Crippen LogP contribution in [-0.4, -0.2) is 12.5 Å². The van der Waals surface area contributed by atoms with E-state index in [1.165, 1.54) is 25.7 Å². The molecule has 2 rings (SSSR count). The van der Waals surface area contributed by atoms with E-state index < -0.39 is 0 Å².